The maximum atomic E-state index is 12.8. The molecule has 1 aliphatic carbocycles. The summed E-state index contributed by atoms with van der Waals surface area (Å²) in [5, 5.41) is 1.74. The van der Waals surface area contributed by atoms with Gasteiger partial charge in [0.25, 0.3) is 0 Å². The van der Waals surface area contributed by atoms with Gasteiger partial charge in [0.15, 0.2) is 5.78 Å². The Hall–Kier alpha value is -1.28. The number of aromatic nitrogens is 1. The number of benzene rings is 1. The van der Waals surface area contributed by atoms with E-state index in [1.807, 2.05) is 36.0 Å². The number of carbonyl (C=O) groups excluding carboxylic acids is 1. The second-order valence-electron chi connectivity index (χ2n) is 6.14. The highest BCUT2D eigenvalue weighted by molar-refractivity contribution is 6.31. The summed E-state index contributed by atoms with van der Waals surface area (Å²) in [6.07, 6.45) is 6.37. The van der Waals surface area contributed by atoms with Gasteiger partial charge < -0.3 is 4.57 Å². The molecule has 1 aromatic carbocycles. The largest absolute Gasteiger partial charge is 0.350 e. The summed E-state index contributed by atoms with van der Waals surface area (Å²) in [6, 6.07) is 5.76. The Morgan fingerprint density at radius 2 is 1.95 bits per heavy atom. The molecule has 3 heteroatoms. The lowest BCUT2D eigenvalue weighted by atomic mass is 9.79. The van der Waals surface area contributed by atoms with Crippen molar-refractivity contribution in [3.63, 3.8) is 0 Å². The fraction of sp³-hybridized carbons (Fsp3) is 0.471. The minimum atomic E-state index is 0.201. The summed E-state index contributed by atoms with van der Waals surface area (Å²) in [5.74, 6) is 1.28. The molecule has 1 heterocycles. The van der Waals surface area contributed by atoms with Gasteiger partial charge in [-0.15, -0.1) is 0 Å². The minimum absolute atomic E-state index is 0.201. The quantitative estimate of drug-likeness (QED) is 0.725. The third-order valence-corrected chi connectivity index (χ3v) is 4.84. The number of nitrogens with zero attached hydrogens (tertiary/aromatic N) is 1. The van der Waals surface area contributed by atoms with Crippen molar-refractivity contribution in [3.05, 3.63) is 35.0 Å². The average Bonchev–Trinajstić information content (AvgIpc) is 2.76. The first-order valence-electron chi connectivity index (χ1n) is 7.35. The predicted molar refractivity (Wildman–Crippen MR) is 83.4 cm³/mol. The van der Waals surface area contributed by atoms with Crippen LogP contribution in [-0.4, -0.2) is 10.4 Å². The van der Waals surface area contributed by atoms with E-state index in [9.17, 15) is 4.79 Å². The molecule has 106 valence electrons. The topological polar surface area (TPSA) is 22.0 Å². The van der Waals surface area contributed by atoms with E-state index in [0.29, 0.717) is 10.8 Å². The Morgan fingerprint density at radius 1 is 1.25 bits per heavy atom. The second-order valence-corrected chi connectivity index (χ2v) is 6.57. The molecule has 3 rings (SSSR count). The van der Waals surface area contributed by atoms with E-state index in [1.165, 1.54) is 12.8 Å². The van der Waals surface area contributed by atoms with Crippen LogP contribution in [0.4, 0.5) is 0 Å². The van der Waals surface area contributed by atoms with E-state index < -0.39 is 0 Å². The molecule has 1 fully saturated rings. The zero-order valence-electron chi connectivity index (χ0n) is 12.0. The van der Waals surface area contributed by atoms with Crippen molar-refractivity contribution in [1.82, 2.24) is 4.57 Å². The number of hydrogen-bond donors (Lipinski definition) is 0. The first-order valence-corrected chi connectivity index (χ1v) is 7.73. The summed E-state index contributed by atoms with van der Waals surface area (Å²) < 4.78 is 2.00. The van der Waals surface area contributed by atoms with E-state index >= 15 is 0 Å². The maximum absolute atomic E-state index is 12.8. The van der Waals surface area contributed by atoms with Crippen molar-refractivity contribution in [2.24, 2.45) is 18.9 Å². The zero-order valence-corrected chi connectivity index (χ0v) is 12.8. The highest BCUT2D eigenvalue weighted by Crippen LogP contribution is 2.33. The van der Waals surface area contributed by atoms with Gasteiger partial charge in [-0.25, -0.2) is 0 Å². The number of hydrogen-bond acceptors (Lipinski definition) is 1. The molecule has 0 amide bonds. The van der Waals surface area contributed by atoms with E-state index in [0.717, 1.165) is 35.2 Å². The third-order valence-electron chi connectivity index (χ3n) is 4.60. The highest BCUT2D eigenvalue weighted by atomic mass is 35.5. The Morgan fingerprint density at radius 3 is 2.65 bits per heavy atom. The standard InChI is InChI=1S/C17H20ClNO/c1-11-3-5-12(6-4-11)17(20)15-10-19(2)16-9-13(18)7-8-14(15)16/h7-12H,3-6H2,1-2H3. The number of Topliss-reactive ketones (excluding diaryl/α,β-unsaturated/α-hetero) is 1. The number of rotatable bonds is 2. The number of halogens is 1. The van der Waals surface area contributed by atoms with Gasteiger partial charge in [-0.1, -0.05) is 37.4 Å². The van der Waals surface area contributed by atoms with Crippen LogP contribution in [0.3, 0.4) is 0 Å². The Balaban J connectivity index is 1.96. The molecule has 2 aromatic rings. The molecule has 0 spiro atoms. The molecule has 0 bridgehead atoms. The van der Waals surface area contributed by atoms with Crippen molar-refractivity contribution in [3.8, 4) is 0 Å². The lowest BCUT2D eigenvalue weighted by Crippen LogP contribution is -2.20. The Kier molecular flexibility index (Phi) is 3.59. The first kappa shape index (κ1) is 13.7. The van der Waals surface area contributed by atoms with E-state index in [-0.39, 0.29) is 5.92 Å². The molecular formula is C17H20ClNO. The molecule has 0 atom stereocenters. The fourth-order valence-electron chi connectivity index (χ4n) is 3.30. The van der Waals surface area contributed by atoms with Crippen LogP contribution in [0.2, 0.25) is 5.02 Å². The molecule has 0 radical (unpaired) electrons. The van der Waals surface area contributed by atoms with Crippen molar-refractivity contribution < 1.29 is 4.79 Å². The molecule has 20 heavy (non-hydrogen) atoms. The Labute approximate surface area is 124 Å². The fourth-order valence-corrected chi connectivity index (χ4v) is 3.46. The van der Waals surface area contributed by atoms with Crippen LogP contribution < -0.4 is 0 Å². The van der Waals surface area contributed by atoms with Crippen molar-refractivity contribution in [2.45, 2.75) is 32.6 Å². The van der Waals surface area contributed by atoms with E-state index in [1.54, 1.807) is 0 Å². The normalized spacial score (nSPS) is 23.1. The van der Waals surface area contributed by atoms with Crippen LogP contribution in [0.1, 0.15) is 43.0 Å². The maximum Gasteiger partial charge on any atom is 0.168 e. The Bertz CT molecular complexity index is 650. The van der Waals surface area contributed by atoms with Gasteiger partial charge >= 0.3 is 0 Å². The third kappa shape index (κ3) is 2.37. The molecule has 2 nitrogen and oxygen atoms in total. The summed E-state index contributed by atoms with van der Waals surface area (Å²) in [5.41, 5.74) is 1.89. The summed E-state index contributed by atoms with van der Waals surface area (Å²) in [6.45, 7) is 2.28. The summed E-state index contributed by atoms with van der Waals surface area (Å²) in [7, 11) is 1.97. The summed E-state index contributed by atoms with van der Waals surface area (Å²) in [4.78, 5) is 12.8. The minimum Gasteiger partial charge on any atom is -0.350 e. The lowest BCUT2D eigenvalue weighted by Gasteiger charge is -2.24. The number of ketones is 1. The first-order chi connectivity index (χ1) is 9.56. The van der Waals surface area contributed by atoms with Crippen LogP contribution in [0.25, 0.3) is 10.9 Å². The lowest BCUT2D eigenvalue weighted by molar-refractivity contribution is 0.0877. The molecule has 1 aromatic heterocycles. The SMILES string of the molecule is CC1CCC(C(=O)c2cn(C)c3cc(Cl)ccc23)CC1. The molecule has 0 N–H and O–H groups in total. The zero-order chi connectivity index (χ0) is 14.3. The number of aryl methyl sites for hydroxylation is 1. The monoisotopic (exact) mass is 289 g/mol. The van der Waals surface area contributed by atoms with Gasteiger partial charge in [-0.2, -0.15) is 0 Å². The van der Waals surface area contributed by atoms with Crippen LogP contribution in [-0.2, 0) is 7.05 Å². The molecule has 1 saturated carbocycles. The van der Waals surface area contributed by atoms with Gasteiger partial charge in [0.2, 0.25) is 0 Å². The number of fused-ring (bicyclic) bond motifs is 1. The van der Waals surface area contributed by atoms with Gasteiger partial charge in [-0.05, 0) is 30.9 Å². The van der Waals surface area contributed by atoms with E-state index in [2.05, 4.69) is 6.92 Å². The average molecular weight is 290 g/mol. The smallest absolute Gasteiger partial charge is 0.168 e. The highest BCUT2D eigenvalue weighted by Gasteiger charge is 2.27. The van der Waals surface area contributed by atoms with Crippen LogP contribution >= 0.6 is 11.6 Å². The van der Waals surface area contributed by atoms with Gasteiger partial charge in [0.05, 0.1) is 0 Å². The van der Waals surface area contributed by atoms with Crippen LogP contribution in [0.15, 0.2) is 24.4 Å². The number of carbonyl (C=O) groups is 1. The van der Waals surface area contributed by atoms with Crippen molar-refractivity contribution in [2.75, 3.05) is 0 Å². The molecule has 1 aliphatic rings. The molecule has 0 saturated heterocycles. The van der Waals surface area contributed by atoms with Gasteiger partial charge in [0.1, 0.15) is 0 Å². The van der Waals surface area contributed by atoms with Gasteiger partial charge in [-0.3, -0.25) is 4.79 Å². The van der Waals surface area contributed by atoms with Crippen LogP contribution in [0, 0.1) is 11.8 Å². The predicted octanol–water partition coefficient (Wildman–Crippen LogP) is 4.84. The van der Waals surface area contributed by atoms with Gasteiger partial charge in [0, 0.05) is 40.7 Å². The molecular weight excluding hydrogens is 270 g/mol. The van der Waals surface area contributed by atoms with Crippen LogP contribution in [0.5, 0.6) is 0 Å². The second kappa shape index (κ2) is 5.25. The molecule has 0 unspecified atom stereocenters. The van der Waals surface area contributed by atoms with Crippen molar-refractivity contribution in [1.29, 1.82) is 0 Å². The molecule has 0 aliphatic heterocycles. The van der Waals surface area contributed by atoms with E-state index in [4.69, 9.17) is 11.6 Å². The summed E-state index contributed by atoms with van der Waals surface area (Å²) >= 11 is 6.05. The van der Waals surface area contributed by atoms with Crippen molar-refractivity contribution >= 4 is 28.3 Å².